The minimum atomic E-state index is -0.979. The predicted molar refractivity (Wildman–Crippen MR) is 110 cm³/mol. The first-order chi connectivity index (χ1) is 15.1. The number of amides is 1. The van der Waals surface area contributed by atoms with Crippen molar-refractivity contribution in [3.05, 3.63) is 83.7 Å². The predicted octanol–water partition coefficient (Wildman–Crippen LogP) is 3.14. The maximum absolute atomic E-state index is 13.1. The number of hydrogen-bond acceptors (Lipinski definition) is 7. The third-order valence-corrected chi connectivity index (χ3v) is 5.23. The second-order valence-electron chi connectivity index (χ2n) is 7.01. The first kappa shape index (κ1) is 18.7. The van der Waals surface area contributed by atoms with E-state index in [0.29, 0.717) is 22.6 Å². The average Bonchev–Trinajstić information content (AvgIpc) is 3.36. The van der Waals surface area contributed by atoms with E-state index in [2.05, 4.69) is 4.98 Å². The molecular weight excluding hydrogens is 400 g/mol. The molecule has 0 saturated carbocycles. The fourth-order valence-electron chi connectivity index (χ4n) is 3.80. The summed E-state index contributed by atoms with van der Waals surface area (Å²) in [5.74, 6) is -1.30. The van der Waals surface area contributed by atoms with Crippen LogP contribution in [0.15, 0.2) is 72.6 Å². The molecule has 1 unspecified atom stereocenters. The summed E-state index contributed by atoms with van der Waals surface area (Å²) < 4.78 is 10.6. The van der Waals surface area contributed by atoms with Crippen LogP contribution in [0.4, 0.5) is 5.69 Å². The highest BCUT2D eigenvalue weighted by Gasteiger charge is 2.47. The minimum Gasteiger partial charge on any atom is -0.507 e. The molecule has 5 rings (SSSR count). The first-order valence-corrected chi connectivity index (χ1v) is 9.45. The van der Waals surface area contributed by atoms with Gasteiger partial charge < -0.3 is 19.7 Å². The highest BCUT2D eigenvalue weighted by molar-refractivity contribution is 6.51. The van der Waals surface area contributed by atoms with Gasteiger partial charge in [-0.1, -0.05) is 18.2 Å². The summed E-state index contributed by atoms with van der Waals surface area (Å²) in [5, 5.41) is 21.5. The Labute approximate surface area is 176 Å². The molecule has 2 aliphatic rings. The number of rotatable bonds is 3. The van der Waals surface area contributed by atoms with Gasteiger partial charge in [-0.3, -0.25) is 19.5 Å². The number of hydrogen-bond donors (Lipinski definition) is 2. The summed E-state index contributed by atoms with van der Waals surface area (Å²) in [5.41, 5.74) is 0.851. The van der Waals surface area contributed by atoms with Crippen molar-refractivity contribution in [1.82, 2.24) is 4.98 Å². The molecule has 0 spiro atoms. The van der Waals surface area contributed by atoms with Gasteiger partial charge in [0.1, 0.15) is 11.5 Å². The monoisotopic (exact) mass is 416 g/mol. The van der Waals surface area contributed by atoms with E-state index >= 15 is 0 Å². The van der Waals surface area contributed by atoms with Crippen LogP contribution in [0.5, 0.6) is 17.2 Å². The molecule has 0 radical (unpaired) electrons. The zero-order valence-electron chi connectivity index (χ0n) is 16.1. The van der Waals surface area contributed by atoms with Crippen molar-refractivity contribution < 1.29 is 29.3 Å². The molecule has 0 bridgehead atoms. The van der Waals surface area contributed by atoms with E-state index in [9.17, 15) is 19.8 Å². The molecule has 1 atom stereocenters. The second kappa shape index (κ2) is 7.17. The van der Waals surface area contributed by atoms with Gasteiger partial charge >= 0.3 is 0 Å². The number of aliphatic hydroxyl groups is 1. The number of aromatic hydroxyl groups is 1. The fraction of sp³-hybridized carbons (Fsp3) is 0.0870. The highest BCUT2D eigenvalue weighted by atomic mass is 16.7. The van der Waals surface area contributed by atoms with Gasteiger partial charge in [0.25, 0.3) is 11.7 Å². The molecule has 31 heavy (non-hydrogen) atoms. The van der Waals surface area contributed by atoms with Gasteiger partial charge in [-0.05, 0) is 42.0 Å². The number of ketones is 1. The summed E-state index contributed by atoms with van der Waals surface area (Å²) in [6, 6.07) is 13.3. The molecular formula is C23H16N2O6. The average molecular weight is 416 g/mol. The number of carbonyl (C=O) groups excluding carboxylic acids is 2. The standard InChI is InChI=1S/C23H16N2O6/c26-16-6-2-1-5-15(16)25-20(14-4-3-9-24-11-14)19(22(28)23(25)29)21(27)13-7-8-17-18(10-13)31-12-30-17/h1-11,20,26-27H,12H2/b21-19-. The lowest BCUT2D eigenvalue weighted by Gasteiger charge is -2.25. The molecule has 8 heteroatoms. The molecule has 3 heterocycles. The van der Waals surface area contributed by atoms with E-state index in [4.69, 9.17) is 9.47 Å². The van der Waals surface area contributed by atoms with Crippen LogP contribution in [-0.4, -0.2) is 33.7 Å². The number of carbonyl (C=O) groups is 2. The lowest BCUT2D eigenvalue weighted by atomic mass is 9.96. The fourth-order valence-corrected chi connectivity index (χ4v) is 3.80. The molecule has 1 amide bonds. The van der Waals surface area contributed by atoms with Crippen molar-refractivity contribution in [2.45, 2.75) is 6.04 Å². The van der Waals surface area contributed by atoms with E-state index in [-0.39, 0.29) is 29.6 Å². The normalized spacial score (nSPS) is 19.1. The topological polar surface area (TPSA) is 109 Å². The number of phenols is 1. The van der Waals surface area contributed by atoms with Crippen LogP contribution < -0.4 is 14.4 Å². The molecule has 1 saturated heterocycles. The molecule has 2 aromatic carbocycles. The Morgan fingerprint density at radius 2 is 1.84 bits per heavy atom. The number of phenolic OH excluding ortho intramolecular Hbond substituents is 1. The van der Waals surface area contributed by atoms with Crippen LogP contribution in [-0.2, 0) is 9.59 Å². The van der Waals surface area contributed by atoms with Gasteiger partial charge in [0.05, 0.1) is 17.3 Å². The van der Waals surface area contributed by atoms with Crippen molar-refractivity contribution in [2.24, 2.45) is 0 Å². The molecule has 1 fully saturated rings. The van der Waals surface area contributed by atoms with E-state index in [1.165, 1.54) is 23.2 Å². The molecule has 2 N–H and O–H groups in total. The summed E-state index contributed by atoms with van der Waals surface area (Å²) in [6.07, 6.45) is 3.07. The van der Waals surface area contributed by atoms with Crippen molar-refractivity contribution in [2.75, 3.05) is 11.7 Å². The lowest BCUT2D eigenvalue weighted by molar-refractivity contribution is -0.132. The Kier molecular flexibility index (Phi) is 4.32. The smallest absolute Gasteiger partial charge is 0.300 e. The van der Waals surface area contributed by atoms with Gasteiger partial charge in [0, 0.05) is 18.0 Å². The number of para-hydroxylation sites is 2. The first-order valence-electron chi connectivity index (χ1n) is 9.45. The van der Waals surface area contributed by atoms with Crippen LogP contribution in [0.1, 0.15) is 17.2 Å². The Morgan fingerprint density at radius 1 is 1.03 bits per heavy atom. The van der Waals surface area contributed by atoms with E-state index in [1.807, 2.05) is 0 Å². The number of nitrogens with zero attached hydrogens (tertiary/aromatic N) is 2. The Balaban J connectivity index is 1.72. The maximum Gasteiger partial charge on any atom is 0.300 e. The van der Waals surface area contributed by atoms with Crippen molar-refractivity contribution in [3.8, 4) is 17.2 Å². The number of benzene rings is 2. The number of aliphatic hydroxyl groups excluding tert-OH is 1. The van der Waals surface area contributed by atoms with E-state index < -0.39 is 17.7 Å². The number of fused-ring (bicyclic) bond motifs is 1. The Morgan fingerprint density at radius 3 is 2.61 bits per heavy atom. The third-order valence-electron chi connectivity index (χ3n) is 5.23. The van der Waals surface area contributed by atoms with Crippen LogP contribution in [0.3, 0.4) is 0 Å². The number of pyridine rings is 1. The third kappa shape index (κ3) is 2.96. The Bertz CT molecular complexity index is 1240. The van der Waals surface area contributed by atoms with E-state index in [1.54, 1.807) is 48.7 Å². The van der Waals surface area contributed by atoms with Crippen molar-refractivity contribution >= 4 is 23.1 Å². The van der Waals surface area contributed by atoms with E-state index in [0.717, 1.165) is 0 Å². The summed E-state index contributed by atoms with van der Waals surface area (Å²) in [4.78, 5) is 31.4. The van der Waals surface area contributed by atoms with Crippen LogP contribution >= 0.6 is 0 Å². The summed E-state index contributed by atoms with van der Waals surface area (Å²) >= 11 is 0. The molecule has 0 aliphatic carbocycles. The van der Waals surface area contributed by atoms with Gasteiger partial charge in [-0.25, -0.2) is 0 Å². The van der Waals surface area contributed by atoms with Crippen LogP contribution in [0.2, 0.25) is 0 Å². The van der Waals surface area contributed by atoms with Gasteiger partial charge in [-0.15, -0.1) is 0 Å². The van der Waals surface area contributed by atoms with Crippen molar-refractivity contribution in [3.63, 3.8) is 0 Å². The molecule has 8 nitrogen and oxygen atoms in total. The molecule has 2 aliphatic heterocycles. The van der Waals surface area contributed by atoms with Gasteiger partial charge in [0.2, 0.25) is 6.79 Å². The number of aromatic nitrogens is 1. The molecule has 154 valence electrons. The molecule has 1 aromatic heterocycles. The SMILES string of the molecule is O=C1C(=O)N(c2ccccc2O)C(c2cccnc2)/C1=C(/O)c1ccc2c(c1)OCO2. The second-order valence-corrected chi connectivity index (χ2v) is 7.01. The summed E-state index contributed by atoms with van der Waals surface area (Å²) in [7, 11) is 0. The minimum absolute atomic E-state index is 0.0624. The number of anilines is 1. The van der Waals surface area contributed by atoms with Gasteiger partial charge in [-0.2, -0.15) is 0 Å². The quantitative estimate of drug-likeness (QED) is 0.383. The zero-order chi connectivity index (χ0) is 21.5. The zero-order valence-corrected chi connectivity index (χ0v) is 16.1. The Hall–Kier alpha value is -4.33. The van der Waals surface area contributed by atoms with Crippen molar-refractivity contribution in [1.29, 1.82) is 0 Å². The van der Waals surface area contributed by atoms with Crippen LogP contribution in [0.25, 0.3) is 5.76 Å². The van der Waals surface area contributed by atoms with Crippen LogP contribution in [0, 0.1) is 0 Å². The lowest BCUT2D eigenvalue weighted by Crippen LogP contribution is -2.29. The highest BCUT2D eigenvalue weighted by Crippen LogP contribution is 2.45. The number of Topliss-reactive ketones (excluding diaryl/α,β-unsaturated/α-hetero) is 1. The summed E-state index contributed by atoms with van der Waals surface area (Å²) in [6.45, 7) is 0.0624. The largest absolute Gasteiger partial charge is 0.507 e. The number of ether oxygens (including phenoxy) is 2. The maximum atomic E-state index is 13.1. The van der Waals surface area contributed by atoms with Gasteiger partial charge in [0.15, 0.2) is 11.5 Å². The molecule has 3 aromatic rings.